The van der Waals surface area contributed by atoms with Crippen LogP contribution in [0.4, 0.5) is 4.79 Å². The minimum absolute atomic E-state index is 0.152. The second kappa shape index (κ2) is 9.48. The maximum atomic E-state index is 13.0. The number of urea groups is 1. The van der Waals surface area contributed by atoms with E-state index in [1.165, 1.54) is 5.56 Å². The molecule has 3 fully saturated rings. The molecule has 3 aliphatic rings. The van der Waals surface area contributed by atoms with Gasteiger partial charge in [0.2, 0.25) is 5.91 Å². The summed E-state index contributed by atoms with van der Waals surface area (Å²) in [5, 5.41) is 2.90. The normalized spacial score (nSPS) is 26.9. The Hall–Kier alpha value is -2.61. The fourth-order valence-corrected chi connectivity index (χ4v) is 5.02. The molecular weight excluding hydrogens is 408 g/mol. The zero-order valence-electron chi connectivity index (χ0n) is 19.1. The van der Waals surface area contributed by atoms with Gasteiger partial charge in [-0.1, -0.05) is 19.1 Å². The molecule has 2 aliphatic heterocycles. The Morgan fingerprint density at radius 1 is 1.09 bits per heavy atom. The van der Waals surface area contributed by atoms with Crippen molar-refractivity contribution in [1.29, 1.82) is 0 Å². The SMILES string of the molecule is COc1ccc(CN2CCCN(C(=O)CN3C(=O)NC4(CCC(C)CC4)C3=O)CC2)cc1. The van der Waals surface area contributed by atoms with Crippen LogP contribution in [0.3, 0.4) is 0 Å². The number of amides is 4. The third-order valence-corrected chi connectivity index (χ3v) is 7.17. The van der Waals surface area contributed by atoms with E-state index in [2.05, 4.69) is 29.3 Å². The average molecular weight is 443 g/mol. The van der Waals surface area contributed by atoms with E-state index in [1.807, 2.05) is 12.1 Å². The van der Waals surface area contributed by atoms with Gasteiger partial charge in [0.05, 0.1) is 7.11 Å². The Bertz CT molecular complexity index is 848. The second-order valence-electron chi connectivity index (χ2n) is 9.44. The number of carbonyl (C=O) groups excluding carboxylic acids is 3. The van der Waals surface area contributed by atoms with Crippen LogP contribution in [0, 0.1) is 5.92 Å². The number of rotatable bonds is 5. The maximum Gasteiger partial charge on any atom is 0.325 e. The maximum absolute atomic E-state index is 13.0. The predicted molar refractivity (Wildman–Crippen MR) is 120 cm³/mol. The smallest absolute Gasteiger partial charge is 0.325 e. The quantitative estimate of drug-likeness (QED) is 0.708. The van der Waals surface area contributed by atoms with Crippen LogP contribution in [0.25, 0.3) is 0 Å². The summed E-state index contributed by atoms with van der Waals surface area (Å²) in [6.07, 6.45) is 4.03. The number of imide groups is 1. The Morgan fingerprint density at radius 2 is 1.81 bits per heavy atom. The molecule has 0 unspecified atom stereocenters. The number of hydrogen-bond donors (Lipinski definition) is 1. The first-order chi connectivity index (χ1) is 15.4. The lowest BCUT2D eigenvalue weighted by molar-refractivity contribution is -0.139. The molecule has 174 valence electrons. The summed E-state index contributed by atoms with van der Waals surface area (Å²) in [5.74, 6) is 1.03. The largest absolute Gasteiger partial charge is 0.497 e. The van der Waals surface area contributed by atoms with Gasteiger partial charge in [-0.2, -0.15) is 0 Å². The van der Waals surface area contributed by atoms with Gasteiger partial charge in [-0.05, 0) is 55.7 Å². The number of methoxy groups -OCH3 is 1. The van der Waals surface area contributed by atoms with Crippen molar-refractivity contribution in [2.24, 2.45) is 5.92 Å². The van der Waals surface area contributed by atoms with Crippen LogP contribution >= 0.6 is 0 Å². The average Bonchev–Trinajstić information content (AvgIpc) is 2.95. The van der Waals surface area contributed by atoms with E-state index in [1.54, 1.807) is 12.0 Å². The number of carbonyl (C=O) groups is 3. The van der Waals surface area contributed by atoms with Gasteiger partial charge in [-0.25, -0.2) is 4.79 Å². The van der Waals surface area contributed by atoms with E-state index in [4.69, 9.17) is 4.74 Å². The van der Waals surface area contributed by atoms with Crippen LogP contribution in [-0.2, 0) is 16.1 Å². The van der Waals surface area contributed by atoms with Gasteiger partial charge in [0, 0.05) is 32.7 Å². The molecule has 1 aliphatic carbocycles. The first-order valence-corrected chi connectivity index (χ1v) is 11.7. The van der Waals surface area contributed by atoms with Gasteiger partial charge in [-0.15, -0.1) is 0 Å². The van der Waals surface area contributed by atoms with Crippen LogP contribution in [0.2, 0.25) is 0 Å². The van der Waals surface area contributed by atoms with E-state index >= 15 is 0 Å². The van der Waals surface area contributed by atoms with Gasteiger partial charge in [0.1, 0.15) is 17.8 Å². The van der Waals surface area contributed by atoms with Gasteiger partial charge >= 0.3 is 6.03 Å². The van der Waals surface area contributed by atoms with E-state index in [0.29, 0.717) is 31.8 Å². The zero-order valence-corrected chi connectivity index (χ0v) is 19.1. The minimum atomic E-state index is -0.794. The standard InChI is InChI=1S/C24H34N4O4/c1-18-8-10-24(11-9-18)22(30)28(23(31)25-24)17-21(29)27-13-3-12-26(14-15-27)16-19-4-6-20(32-2)7-5-19/h4-7,18H,3,8-17H2,1-2H3,(H,25,31). The number of benzene rings is 1. The predicted octanol–water partition coefficient (Wildman–Crippen LogP) is 2.23. The lowest BCUT2D eigenvalue weighted by Gasteiger charge is -2.33. The second-order valence-corrected chi connectivity index (χ2v) is 9.44. The summed E-state index contributed by atoms with van der Waals surface area (Å²) in [4.78, 5) is 43.8. The molecule has 0 bridgehead atoms. The Labute approximate surface area is 189 Å². The van der Waals surface area contributed by atoms with Crippen molar-refractivity contribution in [3.8, 4) is 5.75 Å². The third-order valence-electron chi connectivity index (χ3n) is 7.17. The lowest BCUT2D eigenvalue weighted by Crippen LogP contribution is -2.50. The highest BCUT2D eigenvalue weighted by molar-refractivity contribution is 6.09. The molecule has 2 saturated heterocycles. The van der Waals surface area contributed by atoms with E-state index < -0.39 is 11.6 Å². The number of nitrogens with one attached hydrogen (secondary N) is 1. The van der Waals surface area contributed by atoms with Crippen molar-refractivity contribution in [2.75, 3.05) is 39.8 Å². The molecule has 1 saturated carbocycles. The molecule has 1 aromatic rings. The highest BCUT2D eigenvalue weighted by atomic mass is 16.5. The number of ether oxygens (including phenoxy) is 1. The van der Waals surface area contributed by atoms with Gasteiger partial charge < -0.3 is 15.0 Å². The molecule has 2 heterocycles. The zero-order chi connectivity index (χ0) is 22.7. The summed E-state index contributed by atoms with van der Waals surface area (Å²) in [7, 11) is 1.66. The summed E-state index contributed by atoms with van der Waals surface area (Å²) >= 11 is 0. The number of nitrogens with zero attached hydrogens (tertiary/aromatic N) is 3. The number of hydrogen-bond acceptors (Lipinski definition) is 5. The molecule has 32 heavy (non-hydrogen) atoms. The van der Waals surface area contributed by atoms with Crippen LogP contribution in [0.5, 0.6) is 5.75 Å². The highest BCUT2D eigenvalue weighted by Crippen LogP contribution is 2.36. The molecular formula is C24H34N4O4. The van der Waals surface area contributed by atoms with E-state index in [-0.39, 0.29) is 18.4 Å². The lowest BCUT2D eigenvalue weighted by atomic mass is 9.77. The summed E-state index contributed by atoms with van der Waals surface area (Å²) in [6.45, 7) is 5.73. The van der Waals surface area contributed by atoms with Crippen LogP contribution < -0.4 is 10.1 Å². The topological polar surface area (TPSA) is 82.2 Å². The molecule has 0 radical (unpaired) electrons. The first-order valence-electron chi connectivity index (χ1n) is 11.7. The fraction of sp³-hybridized carbons (Fsp3) is 0.625. The molecule has 1 aromatic carbocycles. The van der Waals surface area contributed by atoms with Crippen molar-refractivity contribution in [3.63, 3.8) is 0 Å². The molecule has 8 nitrogen and oxygen atoms in total. The molecule has 8 heteroatoms. The van der Waals surface area contributed by atoms with Crippen molar-refractivity contribution >= 4 is 17.8 Å². The highest BCUT2D eigenvalue weighted by Gasteiger charge is 2.52. The van der Waals surface area contributed by atoms with E-state index in [9.17, 15) is 14.4 Å². The van der Waals surface area contributed by atoms with Crippen molar-refractivity contribution < 1.29 is 19.1 Å². The van der Waals surface area contributed by atoms with Crippen LogP contribution in [-0.4, -0.2) is 77.9 Å². The van der Waals surface area contributed by atoms with E-state index in [0.717, 1.165) is 49.5 Å². The molecule has 4 rings (SSSR count). The minimum Gasteiger partial charge on any atom is -0.497 e. The summed E-state index contributed by atoms with van der Waals surface area (Å²) in [6, 6.07) is 7.62. The van der Waals surface area contributed by atoms with Crippen molar-refractivity contribution in [3.05, 3.63) is 29.8 Å². The molecule has 0 atom stereocenters. The Morgan fingerprint density at radius 3 is 2.50 bits per heavy atom. The first kappa shape index (κ1) is 22.6. The monoisotopic (exact) mass is 442 g/mol. The van der Waals surface area contributed by atoms with Gasteiger partial charge in [0.25, 0.3) is 5.91 Å². The molecule has 0 aromatic heterocycles. The Kier molecular flexibility index (Phi) is 6.69. The molecule has 1 N–H and O–H groups in total. The van der Waals surface area contributed by atoms with Crippen LogP contribution in [0.15, 0.2) is 24.3 Å². The van der Waals surface area contributed by atoms with Crippen LogP contribution in [0.1, 0.15) is 44.6 Å². The van der Waals surface area contributed by atoms with Crippen molar-refractivity contribution in [1.82, 2.24) is 20.0 Å². The van der Waals surface area contributed by atoms with Gasteiger partial charge in [0.15, 0.2) is 0 Å². The summed E-state index contributed by atoms with van der Waals surface area (Å²) in [5.41, 5.74) is 0.412. The summed E-state index contributed by atoms with van der Waals surface area (Å²) < 4.78 is 5.22. The van der Waals surface area contributed by atoms with Gasteiger partial charge in [-0.3, -0.25) is 19.4 Å². The molecule has 4 amide bonds. The Balaban J connectivity index is 1.31. The molecule has 1 spiro atoms. The third kappa shape index (κ3) is 4.75. The fourth-order valence-electron chi connectivity index (χ4n) is 5.02. The van der Waals surface area contributed by atoms with Crippen molar-refractivity contribution in [2.45, 2.75) is 51.1 Å².